The summed E-state index contributed by atoms with van der Waals surface area (Å²) >= 11 is 0. The molecule has 0 spiro atoms. The van der Waals surface area contributed by atoms with Crippen molar-refractivity contribution in [3.8, 4) is 0 Å². The summed E-state index contributed by atoms with van der Waals surface area (Å²) in [6, 6.07) is 1.96. The SMILES string of the molecule is CC(C)c1ccnc(N2CCc3[nH]nc(CO)c3C2)n1. The number of nitrogens with zero attached hydrogens (tertiary/aromatic N) is 4. The van der Waals surface area contributed by atoms with Crippen molar-refractivity contribution in [3.05, 3.63) is 34.9 Å². The summed E-state index contributed by atoms with van der Waals surface area (Å²) in [7, 11) is 0. The number of hydrogen-bond acceptors (Lipinski definition) is 5. The van der Waals surface area contributed by atoms with Crippen molar-refractivity contribution in [2.24, 2.45) is 0 Å². The molecule has 0 fully saturated rings. The predicted molar refractivity (Wildman–Crippen MR) is 75.4 cm³/mol. The normalized spacial score (nSPS) is 14.7. The number of aromatic nitrogens is 4. The summed E-state index contributed by atoms with van der Waals surface area (Å²) in [5.74, 6) is 1.14. The van der Waals surface area contributed by atoms with Crippen molar-refractivity contribution in [2.75, 3.05) is 11.4 Å². The molecule has 20 heavy (non-hydrogen) atoms. The topological polar surface area (TPSA) is 77.9 Å². The molecule has 0 amide bonds. The molecule has 2 aromatic heterocycles. The molecule has 0 bridgehead atoms. The summed E-state index contributed by atoms with van der Waals surface area (Å²) in [6.07, 6.45) is 2.69. The van der Waals surface area contributed by atoms with Crippen LogP contribution in [0.25, 0.3) is 0 Å². The zero-order valence-corrected chi connectivity index (χ0v) is 11.8. The van der Waals surface area contributed by atoms with Crippen molar-refractivity contribution in [1.82, 2.24) is 20.2 Å². The molecule has 0 unspecified atom stereocenters. The Kier molecular flexibility index (Phi) is 3.40. The maximum Gasteiger partial charge on any atom is 0.225 e. The number of fused-ring (bicyclic) bond motifs is 1. The third-order valence-corrected chi connectivity index (χ3v) is 3.71. The van der Waals surface area contributed by atoms with E-state index in [-0.39, 0.29) is 6.61 Å². The van der Waals surface area contributed by atoms with Crippen LogP contribution in [-0.2, 0) is 19.6 Å². The van der Waals surface area contributed by atoms with Crippen molar-refractivity contribution < 1.29 is 5.11 Å². The molecule has 0 atom stereocenters. The van der Waals surface area contributed by atoms with E-state index in [0.29, 0.717) is 12.5 Å². The van der Waals surface area contributed by atoms with Gasteiger partial charge in [0.2, 0.25) is 5.95 Å². The predicted octanol–water partition coefficient (Wildman–Crippen LogP) is 1.38. The Hall–Kier alpha value is -1.95. The van der Waals surface area contributed by atoms with Gasteiger partial charge in [0.1, 0.15) is 0 Å². The van der Waals surface area contributed by atoms with Gasteiger partial charge in [-0.25, -0.2) is 9.97 Å². The molecule has 0 radical (unpaired) electrons. The smallest absolute Gasteiger partial charge is 0.225 e. The van der Waals surface area contributed by atoms with Gasteiger partial charge in [0.25, 0.3) is 0 Å². The Morgan fingerprint density at radius 2 is 2.30 bits per heavy atom. The van der Waals surface area contributed by atoms with Crippen LogP contribution in [0.3, 0.4) is 0 Å². The second-order valence-electron chi connectivity index (χ2n) is 5.39. The highest BCUT2D eigenvalue weighted by Gasteiger charge is 2.23. The van der Waals surface area contributed by atoms with E-state index in [1.807, 2.05) is 12.3 Å². The first-order chi connectivity index (χ1) is 9.69. The highest BCUT2D eigenvalue weighted by atomic mass is 16.3. The van der Waals surface area contributed by atoms with E-state index >= 15 is 0 Å². The van der Waals surface area contributed by atoms with Crippen LogP contribution < -0.4 is 4.90 Å². The molecule has 0 aliphatic carbocycles. The van der Waals surface area contributed by atoms with Crippen LogP contribution in [-0.4, -0.2) is 31.8 Å². The number of H-pyrrole nitrogens is 1. The Labute approximate surface area is 117 Å². The average Bonchev–Trinajstić information content (AvgIpc) is 2.89. The Morgan fingerprint density at radius 3 is 3.05 bits per heavy atom. The number of aromatic amines is 1. The van der Waals surface area contributed by atoms with Gasteiger partial charge in [0.15, 0.2) is 0 Å². The molecule has 3 heterocycles. The van der Waals surface area contributed by atoms with Crippen LogP contribution in [0, 0.1) is 0 Å². The molecule has 3 rings (SSSR count). The molecule has 1 aliphatic heterocycles. The lowest BCUT2D eigenvalue weighted by Crippen LogP contribution is -2.32. The van der Waals surface area contributed by atoms with Gasteiger partial charge in [-0.1, -0.05) is 13.8 Å². The molecule has 6 heteroatoms. The molecule has 0 aromatic carbocycles. The summed E-state index contributed by atoms with van der Waals surface area (Å²) in [6.45, 7) is 5.78. The van der Waals surface area contributed by atoms with E-state index in [1.165, 1.54) is 0 Å². The average molecular weight is 273 g/mol. The zero-order chi connectivity index (χ0) is 14.1. The summed E-state index contributed by atoms with van der Waals surface area (Å²) in [5, 5.41) is 16.5. The zero-order valence-electron chi connectivity index (χ0n) is 11.8. The highest BCUT2D eigenvalue weighted by molar-refractivity contribution is 5.39. The quantitative estimate of drug-likeness (QED) is 0.883. The van der Waals surface area contributed by atoms with Gasteiger partial charge in [0, 0.05) is 42.7 Å². The van der Waals surface area contributed by atoms with Crippen molar-refractivity contribution in [1.29, 1.82) is 0 Å². The minimum atomic E-state index is -0.0352. The second-order valence-corrected chi connectivity index (χ2v) is 5.39. The summed E-state index contributed by atoms with van der Waals surface area (Å²) in [5.41, 5.74) is 3.97. The fourth-order valence-electron chi connectivity index (χ4n) is 2.49. The minimum Gasteiger partial charge on any atom is -0.390 e. The lowest BCUT2D eigenvalue weighted by atomic mass is 10.1. The van der Waals surface area contributed by atoms with E-state index in [4.69, 9.17) is 0 Å². The van der Waals surface area contributed by atoms with E-state index in [1.54, 1.807) is 0 Å². The summed E-state index contributed by atoms with van der Waals surface area (Å²) < 4.78 is 0. The molecule has 0 saturated carbocycles. The van der Waals surface area contributed by atoms with Gasteiger partial charge in [-0.15, -0.1) is 0 Å². The van der Waals surface area contributed by atoms with E-state index in [2.05, 4.69) is 38.9 Å². The van der Waals surface area contributed by atoms with Gasteiger partial charge in [-0.05, 0) is 12.0 Å². The molecular weight excluding hydrogens is 254 g/mol. The molecule has 1 aliphatic rings. The third kappa shape index (κ3) is 2.27. The monoisotopic (exact) mass is 273 g/mol. The van der Waals surface area contributed by atoms with Gasteiger partial charge in [0.05, 0.1) is 12.3 Å². The van der Waals surface area contributed by atoms with Gasteiger partial charge in [-0.3, -0.25) is 5.10 Å². The van der Waals surface area contributed by atoms with Crippen LogP contribution in [0.5, 0.6) is 0 Å². The number of hydrogen-bond donors (Lipinski definition) is 2. The minimum absolute atomic E-state index is 0.0352. The third-order valence-electron chi connectivity index (χ3n) is 3.71. The van der Waals surface area contributed by atoms with Crippen molar-refractivity contribution >= 4 is 5.95 Å². The molecule has 106 valence electrons. The molecule has 2 aromatic rings. The van der Waals surface area contributed by atoms with Crippen LogP contribution in [0.4, 0.5) is 5.95 Å². The fourth-order valence-corrected chi connectivity index (χ4v) is 2.49. The number of rotatable bonds is 3. The maximum absolute atomic E-state index is 9.32. The fraction of sp³-hybridized carbons (Fsp3) is 0.500. The molecule has 2 N–H and O–H groups in total. The van der Waals surface area contributed by atoms with Gasteiger partial charge >= 0.3 is 0 Å². The first-order valence-electron chi connectivity index (χ1n) is 6.92. The Morgan fingerprint density at radius 1 is 1.45 bits per heavy atom. The van der Waals surface area contributed by atoms with E-state index < -0.39 is 0 Å². The van der Waals surface area contributed by atoms with Crippen LogP contribution in [0.1, 0.15) is 42.4 Å². The van der Waals surface area contributed by atoms with E-state index in [9.17, 15) is 5.11 Å². The highest BCUT2D eigenvalue weighted by Crippen LogP contribution is 2.24. The van der Waals surface area contributed by atoms with Crippen LogP contribution in [0.15, 0.2) is 12.3 Å². The molecular formula is C14H19N5O. The molecule has 0 saturated heterocycles. The first kappa shape index (κ1) is 13.1. The number of anilines is 1. The number of aliphatic hydroxyl groups excluding tert-OH is 1. The lowest BCUT2D eigenvalue weighted by Gasteiger charge is -2.27. The standard InChI is InChI=1S/C14H19N5O/c1-9(2)11-3-5-15-14(16-11)19-6-4-12-10(7-19)13(8-20)18-17-12/h3,5,9,20H,4,6-8H2,1-2H3,(H,17,18). The van der Waals surface area contributed by atoms with Crippen molar-refractivity contribution in [3.63, 3.8) is 0 Å². The number of nitrogens with one attached hydrogen (secondary N) is 1. The number of aliphatic hydroxyl groups is 1. The largest absolute Gasteiger partial charge is 0.390 e. The van der Waals surface area contributed by atoms with E-state index in [0.717, 1.165) is 41.6 Å². The summed E-state index contributed by atoms with van der Waals surface area (Å²) in [4.78, 5) is 11.2. The lowest BCUT2D eigenvalue weighted by molar-refractivity contribution is 0.275. The Balaban J connectivity index is 1.88. The van der Waals surface area contributed by atoms with Crippen molar-refractivity contribution in [2.45, 2.75) is 39.3 Å². The maximum atomic E-state index is 9.32. The Bertz CT molecular complexity index is 594. The first-order valence-corrected chi connectivity index (χ1v) is 6.92. The van der Waals surface area contributed by atoms with Crippen LogP contribution >= 0.6 is 0 Å². The van der Waals surface area contributed by atoms with Gasteiger partial charge in [-0.2, -0.15) is 5.10 Å². The molecule has 6 nitrogen and oxygen atoms in total. The van der Waals surface area contributed by atoms with Crippen LogP contribution in [0.2, 0.25) is 0 Å². The second kappa shape index (κ2) is 5.20. The van der Waals surface area contributed by atoms with Gasteiger partial charge < -0.3 is 10.0 Å².